The second-order valence-electron chi connectivity index (χ2n) is 5.51. The quantitative estimate of drug-likeness (QED) is 0.679. The summed E-state index contributed by atoms with van der Waals surface area (Å²) in [5, 5.41) is 11.8. The van der Waals surface area contributed by atoms with Gasteiger partial charge in [-0.2, -0.15) is 0 Å². The first kappa shape index (κ1) is 14.4. The summed E-state index contributed by atoms with van der Waals surface area (Å²) in [6, 6.07) is 0. The molecule has 0 fully saturated rings. The van der Waals surface area contributed by atoms with E-state index < -0.39 is 5.60 Å². The van der Waals surface area contributed by atoms with Crippen LogP contribution in [0.1, 0.15) is 26.7 Å². The Kier molecular flexibility index (Phi) is 4.21. The molecule has 0 unspecified atom stereocenters. The molecule has 104 valence electrons. The second-order valence-corrected chi connectivity index (χ2v) is 6.45. The number of thioether (sulfide) groups is 1. The SMILES string of the molecule is C=C(C)[C@H]1CC=C(C)[C@](O)(CSc2nccn2C)C1. The average molecular weight is 278 g/mol. The van der Waals surface area contributed by atoms with Crippen molar-refractivity contribution in [1.82, 2.24) is 9.55 Å². The summed E-state index contributed by atoms with van der Waals surface area (Å²) in [4.78, 5) is 4.29. The minimum Gasteiger partial charge on any atom is -0.385 e. The van der Waals surface area contributed by atoms with Crippen LogP contribution in [0.15, 0.2) is 41.4 Å². The minimum atomic E-state index is -0.738. The molecule has 0 aliphatic heterocycles. The maximum absolute atomic E-state index is 10.9. The third-order valence-corrected chi connectivity index (χ3v) is 5.21. The van der Waals surface area contributed by atoms with Crippen LogP contribution in [0.3, 0.4) is 0 Å². The van der Waals surface area contributed by atoms with E-state index in [-0.39, 0.29) is 0 Å². The fourth-order valence-electron chi connectivity index (χ4n) is 2.38. The Morgan fingerprint density at radius 2 is 2.42 bits per heavy atom. The highest BCUT2D eigenvalue weighted by Gasteiger charge is 2.35. The largest absolute Gasteiger partial charge is 0.385 e. The lowest BCUT2D eigenvalue weighted by atomic mass is 9.77. The van der Waals surface area contributed by atoms with Crippen LogP contribution in [-0.2, 0) is 7.05 Å². The monoisotopic (exact) mass is 278 g/mol. The lowest BCUT2D eigenvalue weighted by Crippen LogP contribution is -2.38. The van der Waals surface area contributed by atoms with Crippen LogP contribution >= 0.6 is 11.8 Å². The zero-order valence-electron chi connectivity index (χ0n) is 11.9. The summed E-state index contributed by atoms with van der Waals surface area (Å²) in [7, 11) is 1.97. The summed E-state index contributed by atoms with van der Waals surface area (Å²) in [5.74, 6) is 1.03. The van der Waals surface area contributed by atoms with E-state index in [0.29, 0.717) is 11.7 Å². The predicted molar refractivity (Wildman–Crippen MR) is 80.2 cm³/mol. The Labute approximate surface area is 119 Å². The van der Waals surface area contributed by atoms with Crippen molar-refractivity contribution in [2.45, 2.75) is 37.4 Å². The number of allylic oxidation sites excluding steroid dienone is 2. The Bertz CT molecular complexity index is 506. The van der Waals surface area contributed by atoms with Gasteiger partial charge in [0.15, 0.2) is 5.16 Å². The molecule has 0 saturated carbocycles. The number of hydrogen-bond acceptors (Lipinski definition) is 3. The molecule has 0 aromatic carbocycles. The van der Waals surface area contributed by atoms with Gasteiger partial charge in [0.1, 0.15) is 0 Å². The summed E-state index contributed by atoms with van der Waals surface area (Å²) >= 11 is 1.61. The molecule has 1 heterocycles. The van der Waals surface area contributed by atoms with E-state index in [1.807, 2.05) is 31.7 Å². The molecule has 19 heavy (non-hydrogen) atoms. The summed E-state index contributed by atoms with van der Waals surface area (Å²) in [6.07, 6.45) is 7.62. The average Bonchev–Trinajstić information content (AvgIpc) is 2.76. The number of aryl methyl sites for hydroxylation is 1. The van der Waals surface area contributed by atoms with Crippen LogP contribution in [0.5, 0.6) is 0 Å². The van der Waals surface area contributed by atoms with Gasteiger partial charge in [0, 0.05) is 25.2 Å². The van der Waals surface area contributed by atoms with E-state index in [1.54, 1.807) is 18.0 Å². The summed E-state index contributed by atoms with van der Waals surface area (Å²) in [6.45, 7) is 8.10. The van der Waals surface area contributed by atoms with Crippen molar-refractivity contribution in [3.63, 3.8) is 0 Å². The van der Waals surface area contributed by atoms with Gasteiger partial charge in [-0.05, 0) is 38.2 Å². The lowest BCUT2D eigenvalue weighted by molar-refractivity contribution is 0.0730. The molecule has 0 saturated heterocycles. The van der Waals surface area contributed by atoms with Crippen molar-refractivity contribution in [1.29, 1.82) is 0 Å². The van der Waals surface area contributed by atoms with Crippen LogP contribution < -0.4 is 0 Å². The molecule has 1 aromatic heterocycles. The molecular formula is C15H22N2OS. The molecule has 0 amide bonds. The zero-order chi connectivity index (χ0) is 14.0. The molecule has 3 nitrogen and oxygen atoms in total. The Hall–Kier alpha value is -1.00. The number of rotatable bonds is 4. The first-order valence-electron chi connectivity index (χ1n) is 6.57. The number of imidazole rings is 1. The molecule has 1 N–H and O–H groups in total. The summed E-state index contributed by atoms with van der Waals surface area (Å²) < 4.78 is 1.98. The number of nitrogens with zero attached hydrogens (tertiary/aromatic N) is 2. The van der Waals surface area contributed by atoms with Crippen molar-refractivity contribution in [3.8, 4) is 0 Å². The maximum Gasteiger partial charge on any atom is 0.167 e. The second kappa shape index (κ2) is 5.55. The van der Waals surface area contributed by atoms with Crippen molar-refractivity contribution in [2.75, 3.05) is 5.75 Å². The van der Waals surface area contributed by atoms with Crippen molar-refractivity contribution < 1.29 is 5.11 Å². The predicted octanol–water partition coefficient (Wildman–Crippen LogP) is 3.18. The highest BCUT2D eigenvalue weighted by Crippen LogP contribution is 2.38. The standard InChI is InChI=1S/C15H22N2OS/c1-11(2)13-6-5-12(3)15(18,9-13)10-19-14-16-7-8-17(14)4/h5,7-8,13,18H,1,6,9-10H2,2-4H3/t13-,15+/m0/s1. The molecule has 2 rings (SSSR count). The van der Waals surface area contributed by atoms with Crippen molar-refractivity contribution >= 4 is 11.8 Å². The number of aromatic nitrogens is 2. The first-order chi connectivity index (χ1) is 8.92. The zero-order valence-corrected chi connectivity index (χ0v) is 12.7. The third kappa shape index (κ3) is 3.12. The Morgan fingerprint density at radius 1 is 1.68 bits per heavy atom. The van der Waals surface area contributed by atoms with Crippen LogP contribution in [0, 0.1) is 5.92 Å². The van der Waals surface area contributed by atoms with Gasteiger partial charge in [0.2, 0.25) is 0 Å². The van der Waals surface area contributed by atoms with Crippen LogP contribution in [0.2, 0.25) is 0 Å². The normalized spacial score (nSPS) is 27.2. The van der Waals surface area contributed by atoms with E-state index in [2.05, 4.69) is 17.6 Å². The Balaban J connectivity index is 2.08. The molecule has 0 bridgehead atoms. The highest BCUT2D eigenvalue weighted by molar-refractivity contribution is 7.99. The van der Waals surface area contributed by atoms with E-state index >= 15 is 0 Å². The van der Waals surface area contributed by atoms with Crippen LogP contribution in [-0.4, -0.2) is 26.0 Å². The maximum atomic E-state index is 10.9. The van der Waals surface area contributed by atoms with Gasteiger partial charge >= 0.3 is 0 Å². The van der Waals surface area contributed by atoms with E-state index in [0.717, 1.165) is 29.1 Å². The van der Waals surface area contributed by atoms with Gasteiger partial charge in [0.05, 0.1) is 5.60 Å². The summed E-state index contributed by atoms with van der Waals surface area (Å²) in [5.41, 5.74) is 1.49. The van der Waals surface area contributed by atoms with E-state index in [1.165, 1.54) is 0 Å². The molecular weight excluding hydrogens is 256 g/mol. The molecule has 1 aliphatic rings. The molecule has 4 heteroatoms. The lowest BCUT2D eigenvalue weighted by Gasteiger charge is -2.36. The van der Waals surface area contributed by atoms with Crippen LogP contribution in [0.4, 0.5) is 0 Å². The van der Waals surface area contributed by atoms with Gasteiger partial charge < -0.3 is 9.67 Å². The van der Waals surface area contributed by atoms with Crippen LogP contribution in [0.25, 0.3) is 0 Å². The molecule has 1 aliphatic carbocycles. The molecule has 1 aromatic rings. The molecule has 2 atom stereocenters. The van der Waals surface area contributed by atoms with Gasteiger partial charge in [-0.3, -0.25) is 0 Å². The fraction of sp³-hybridized carbons (Fsp3) is 0.533. The van der Waals surface area contributed by atoms with E-state index in [4.69, 9.17) is 0 Å². The third-order valence-electron chi connectivity index (χ3n) is 3.94. The molecule has 0 spiro atoms. The number of aliphatic hydroxyl groups is 1. The molecule has 0 radical (unpaired) electrons. The first-order valence-corrected chi connectivity index (χ1v) is 7.56. The van der Waals surface area contributed by atoms with Gasteiger partial charge in [-0.25, -0.2) is 4.98 Å². The highest BCUT2D eigenvalue weighted by atomic mass is 32.2. The smallest absolute Gasteiger partial charge is 0.167 e. The minimum absolute atomic E-state index is 0.385. The van der Waals surface area contributed by atoms with Gasteiger partial charge in [-0.1, -0.05) is 30.0 Å². The van der Waals surface area contributed by atoms with Crippen molar-refractivity contribution in [2.24, 2.45) is 13.0 Å². The Morgan fingerprint density at radius 3 is 3.00 bits per heavy atom. The number of hydrogen-bond donors (Lipinski definition) is 1. The van der Waals surface area contributed by atoms with Crippen molar-refractivity contribution in [3.05, 3.63) is 36.2 Å². The van der Waals surface area contributed by atoms with Gasteiger partial charge in [-0.15, -0.1) is 0 Å². The van der Waals surface area contributed by atoms with Gasteiger partial charge in [0.25, 0.3) is 0 Å². The fourth-order valence-corrected chi connectivity index (χ4v) is 3.50. The topological polar surface area (TPSA) is 38.1 Å². The van der Waals surface area contributed by atoms with E-state index in [9.17, 15) is 5.11 Å².